The molecular formula is C16H23ClN2O. The molecule has 110 valence electrons. The molecular weight excluding hydrogens is 272 g/mol. The number of benzene rings is 1. The summed E-state index contributed by atoms with van der Waals surface area (Å²) in [6.07, 6.45) is 3.06. The predicted molar refractivity (Wildman–Crippen MR) is 81.7 cm³/mol. The summed E-state index contributed by atoms with van der Waals surface area (Å²) in [6.45, 7) is 3.19. The van der Waals surface area contributed by atoms with Crippen molar-refractivity contribution < 1.29 is 5.11 Å². The summed E-state index contributed by atoms with van der Waals surface area (Å²) in [6, 6.07) is 7.88. The molecule has 2 aliphatic rings. The first kappa shape index (κ1) is 14.3. The molecule has 4 atom stereocenters. The van der Waals surface area contributed by atoms with Gasteiger partial charge in [0, 0.05) is 30.1 Å². The highest BCUT2D eigenvalue weighted by Gasteiger charge is 2.41. The number of nitrogens with zero attached hydrogens (tertiary/aromatic N) is 1. The molecule has 4 unspecified atom stereocenters. The molecule has 1 aliphatic heterocycles. The van der Waals surface area contributed by atoms with E-state index >= 15 is 0 Å². The second-order valence-corrected chi connectivity index (χ2v) is 6.71. The highest BCUT2D eigenvalue weighted by Crippen LogP contribution is 2.38. The number of aliphatic hydroxyl groups excluding tert-OH is 1. The number of rotatable bonds is 4. The molecule has 3 N–H and O–H groups in total. The molecule has 1 aliphatic carbocycles. The summed E-state index contributed by atoms with van der Waals surface area (Å²) in [5.74, 6) is 1.21. The van der Waals surface area contributed by atoms with E-state index in [0.717, 1.165) is 43.1 Å². The standard InChI is InChI=1S/C16H23ClN2O/c17-13-4-1-11(2-5-13)15(18)7-8-19-9-12-3-6-16(20)14(12)10-19/h1-2,4-5,12,14-16,20H,3,6-10,18H2. The van der Waals surface area contributed by atoms with Gasteiger partial charge in [-0.25, -0.2) is 0 Å². The van der Waals surface area contributed by atoms with Gasteiger partial charge >= 0.3 is 0 Å². The number of nitrogens with two attached hydrogens (primary N) is 1. The summed E-state index contributed by atoms with van der Waals surface area (Å²) in [4.78, 5) is 2.47. The fraction of sp³-hybridized carbons (Fsp3) is 0.625. The maximum Gasteiger partial charge on any atom is 0.0583 e. The molecule has 4 heteroatoms. The van der Waals surface area contributed by atoms with E-state index in [-0.39, 0.29) is 12.1 Å². The third kappa shape index (κ3) is 3.01. The van der Waals surface area contributed by atoms with Gasteiger partial charge in [-0.05, 0) is 49.4 Å². The Labute approximate surface area is 125 Å². The van der Waals surface area contributed by atoms with Crippen molar-refractivity contribution in [3.8, 4) is 0 Å². The van der Waals surface area contributed by atoms with Crippen LogP contribution in [0.15, 0.2) is 24.3 Å². The minimum Gasteiger partial charge on any atom is -0.393 e. The third-order valence-electron chi connectivity index (χ3n) is 4.95. The summed E-state index contributed by atoms with van der Waals surface area (Å²) in [5, 5.41) is 10.7. The van der Waals surface area contributed by atoms with E-state index in [1.165, 1.54) is 6.42 Å². The minimum atomic E-state index is -0.0741. The van der Waals surface area contributed by atoms with E-state index in [1.54, 1.807) is 0 Å². The summed E-state index contributed by atoms with van der Waals surface area (Å²) in [7, 11) is 0. The van der Waals surface area contributed by atoms with Crippen LogP contribution < -0.4 is 5.73 Å². The molecule has 20 heavy (non-hydrogen) atoms. The number of hydrogen-bond donors (Lipinski definition) is 2. The predicted octanol–water partition coefficient (Wildman–Crippen LogP) is 2.43. The Morgan fingerprint density at radius 2 is 2.00 bits per heavy atom. The maximum atomic E-state index is 9.93. The average molecular weight is 295 g/mol. The number of halogens is 1. The number of aliphatic hydroxyl groups is 1. The molecule has 1 heterocycles. The summed E-state index contributed by atoms with van der Waals surface area (Å²) >= 11 is 5.89. The summed E-state index contributed by atoms with van der Waals surface area (Å²) in [5.41, 5.74) is 7.39. The van der Waals surface area contributed by atoms with Crippen molar-refractivity contribution in [3.05, 3.63) is 34.9 Å². The van der Waals surface area contributed by atoms with E-state index < -0.39 is 0 Å². The van der Waals surface area contributed by atoms with E-state index in [1.807, 2.05) is 24.3 Å². The Morgan fingerprint density at radius 3 is 2.70 bits per heavy atom. The molecule has 0 aromatic heterocycles. The lowest BCUT2D eigenvalue weighted by molar-refractivity contribution is 0.124. The van der Waals surface area contributed by atoms with Crippen LogP contribution in [0, 0.1) is 11.8 Å². The van der Waals surface area contributed by atoms with Crippen molar-refractivity contribution in [1.29, 1.82) is 0 Å². The van der Waals surface area contributed by atoms with Crippen molar-refractivity contribution in [2.24, 2.45) is 17.6 Å². The van der Waals surface area contributed by atoms with E-state index in [4.69, 9.17) is 17.3 Å². The van der Waals surface area contributed by atoms with Crippen LogP contribution in [0.4, 0.5) is 0 Å². The number of likely N-dealkylation sites (tertiary alicyclic amines) is 1. The molecule has 0 bridgehead atoms. The first-order valence-electron chi connectivity index (χ1n) is 7.55. The smallest absolute Gasteiger partial charge is 0.0583 e. The van der Waals surface area contributed by atoms with Crippen LogP contribution in [0.1, 0.15) is 30.9 Å². The van der Waals surface area contributed by atoms with Crippen LogP contribution in [0.5, 0.6) is 0 Å². The third-order valence-corrected chi connectivity index (χ3v) is 5.20. The van der Waals surface area contributed by atoms with Crippen LogP contribution in [-0.2, 0) is 0 Å². The Kier molecular flexibility index (Phi) is 4.32. The van der Waals surface area contributed by atoms with Crippen molar-refractivity contribution in [2.75, 3.05) is 19.6 Å². The SMILES string of the molecule is NC(CCN1CC2CCC(O)C2C1)c1ccc(Cl)cc1. The van der Waals surface area contributed by atoms with Gasteiger partial charge in [0.15, 0.2) is 0 Å². The fourth-order valence-corrected chi connectivity index (χ4v) is 3.84. The molecule has 3 rings (SSSR count). The van der Waals surface area contributed by atoms with Crippen molar-refractivity contribution >= 4 is 11.6 Å². The number of hydrogen-bond acceptors (Lipinski definition) is 3. The zero-order valence-electron chi connectivity index (χ0n) is 11.7. The fourth-order valence-electron chi connectivity index (χ4n) is 3.71. The Balaban J connectivity index is 1.49. The molecule has 1 saturated carbocycles. The first-order valence-corrected chi connectivity index (χ1v) is 7.93. The van der Waals surface area contributed by atoms with Crippen LogP contribution in [0.3, 0.4) is 0 Å². The molecule has 3 nitrogen and oxygen atoms in total. The van der Waals surface area contributed by atoms with E-state index in [9.17, 15) is 5.11 Å². The zero-order valence-corrected chi connectivity index (χ0v) is 12.5. The Morgan fingerprint density at radius 1 is 1.25 bits per heavy atom. The lowest BCUT2D eigenvalue weighted by Gasteiger charge is -2.20. The lowest BCUT2D eigenvalue weighted by Crippen LogP contribution is -2.28. The molecule has 2 fully saturated rings. The van der Waals surface area contributed by atoms with Gasteiger partial charge in [0.25, 0.3) is 0 Å². The maximum absolute atomic E-state index is 9.93. The van der Waals surface area contributed by atoms with Gasteiger partial charge in [-0.2, -0.15) is 0 Å². The van der Waals surface area contributed by atoms with Crippen molar-refractivity contribution in [2.45, 2.75) is 31.4 Å². The molecule has 0 amide bonds. The zero-order chi connectivity index (χ0) is 14.1. The van der Waals surface area contributed by atoms with E-state index in [0.29, 0.717) is 11.8 Å². The highest BCUT2D eigenvalue weighted by atomic mass is 35.5. The normalized spacial score (nSPS) is 31.4. The largest absolute Gasteiger partial charge is 0.393 e. The summed E-state index contributed by atoms with van der Waals surface area (Å²) < 4.78 is 0. The first-order chi connectivity index (χ1) is 9.63. The topological polar surface area (TPSA) is 49.5 Å². The van der Waals surface area contributed by atoms with Crippen LogP contribution in [0.2, 0.25) is 5.02 Å². The molecule has 0 spiro atoms. The molecule has 1 saturated heterocycles. The molecule has 1 aromatic carbocycles. The molecule has 0 radical (unpaired) electrons. The van der Waals surface area contributed by atoms with Crippen molar-refractivity contribution in [1.82, 2.24) is 4.90 Å². The van der Waals surface area contributed by atoms with Crippen LogP contribution >= 0.6 is 11.6 Å². The lowest BCUT2D eigenvalue weighted by atomic mass is 10.00. The monoisotopic (exact) mass is 294 g/mol. The van der Waals surface area contributed by atoms with Crippen molar-refractivity contribution in [3.63, 3.8) is 0 Å². The highest BCUT2D eigenvalue weighted by molar-refractivity contribution is 6.30. The van der Waals surface area contributed by atoms with Crippen LogP contribution in [-0.4, -0.2) is 35.7 Å². The second kappa shape index (κ2) is 6.02. The quantitative estimate of drug-likeness (QED) is 0.897. The van der Waals surface area contributed by atoms with Gasteiger partial charge in [0.2, 0.25) is 0 Å². The average Bonchev–Trinajstić information content (AvgIpc) is 2.99. The minimum absolute atomic E-state index is 0.0673. The van der Waals surface area contributed by atoms with Crippen LogP contribution in [0.25, 0.3) is 0 Å². The van der Waals surface area contributed by atoms with Gasteiger partial charge < -0.3 is 15.7 Å². The van der Waals surface area contributed by atoms with Gasteiger partial charge in [-0.15, -0.1) is 0 Å². The van der Waals surface area contributed by atoms with Gasteiger partial charge in [-0.1, -0.05) is 23.7 Å². The van der Waals surface area contributed by atoms with Gasteiger partial charge in [0.05, 0.1) is 6.10 Å². The number of fused-ring (bicyclic) bond motifs is 1. The molecule has 1 aromatic rings. The Bertz CT molecular complexity index is 450. The Hall–Kier alpha value is -0.610. The van der Waals surface area contributed by atoms with Gasteiger partial charge in [0.1, 0.15) is 0 Å². The second-order valence-electron chi connectivity index (χ2n) is 6.27. The van der Waals surface area contributed by atoms with E-state index in [2.05, 4.69) is 4.90 Å². The van der Waals surface area contributed by atoms with Gasteiger partial charge in [-0.3, -0.25) is 0 Å².